The number of carbonyl (C=O) groups is 1. The number of anilines is 1. The molecule has 0 radical (unpaired) electrons. The van der Waals surface area contributed by atoms with E-state index in [1.54, 1.807) is 0 Å². The topological polar surface area (TPSA) is 48.5 Å². The molecule has 1 atom stereocenters. The Kier molecular flexibility index (Phi) is 7.14. The molecule has 0 unspecified atom stereocenters. The Bertz CT molecular complexity index is 803. The minimum atomic E-state index is 0.146. The van der Waals surface area contributed by atoms with Gasteiger partial charge in [0.2, 0.25) is 5.91 Å². The summed E-state index contributed by atoms with van der Waals surface area (Å²) >= 11 is 0. The van der Waals surface area contributed by atoms with E-state index in [0.29, 0.717) is 12.5 Å². The van der Waals surface area contributed by atoms with Crippen molar-refractivity contribution in [1.82, 2.24) is 15.2 Å². The van der Waals surface area contributed by atoms with E-state index < -0.39 is 0 Å². The van der Waals surface area contributed by atoms with Gasteiger partial charge in [-0.1, -0.05) is 65.0 Å². The molecule has 0 saturated carbocycles. The fraction of sp³-hybridized carbons (Fsp3) is 0.520. The van der Waals surface area contributed by atoms with Crippen LogP contribution in [0.4, 0.5) is 5.82 Å². The van der Waals surface area contributed by atoms with Crippen molar-refractivity contribution in [3.8, 4) is 0 Å². The highest BCUT2D eigenvalue weighted by Gasteiger charge is 2.24. The van der Waals surface area contributed by atoms with Crippen LogP contribution in [0.5, 0.6) is 0 Å². The number of benzene rings is 1. The van der Waals surface area contributed by atoms with Gasteiger partial charge >= 0.3 is 0 Å². The number of nitrogens with zero attached hydrogens (tertiary/aromatic N) is 3. The molecule has 5 heteroatoms. The fourth-order valence-corrected chi connectivity index (χ4v) is 3.96. The molecular formula is C25H36N4O. The number of nitrogens with one attached hydrogen (secondary N) is 1. The quantitative estimate of drug-likeness (QED) is 0.784. The zero-order valence-corrected chi connectivity index (χ0v) is 19.1. The second-order valence-corrected chi connectivity index (χ2v) is 9.53. The van der Waals surface area contributed by atoms with Crippen LogP contribution in [0, 0.1) is 5.92 Å². The van der Waals surface area contributed by atoms with Crippen LogP contribution in [0.1, 0.15) is 51.8 Å². The molecule has 2 heterocycles. The molecule has 1 aliphatic rings. The third-order valence-electron chi connectivity index (χ3n) is 5.88. The standard InChI is InChI=1S/C25H36N4O/c1-19(2)24(20-9-11-21(12-10-20)25(3,4)5)27-18-23(30)29-16-14-28(15-17-29)22-8-6-7-13-26-22/h6-13,19,24,27H,14-18H2,1-5H3/t24-/m0/s1. The summed E-state index contributed by atoms with van der Waals surface area (Å²) in [5.41, 5.74) is 2.72. The lowest BCUT2D eigenvalue weighted by molar-refractivity contribution is -0.130. The average molecular weight is 409 g/mol. The summed E-state index contributed by atoms with van der Waals surface area (Å²) in [6, 6.07) is 15.0. The first-order chi connectivity index (χ1) is 14.3. The van der Waals surface area contributed by atoms with Gasteiger partial charge in [-0.05, 0) is 34.6 Å². The number of hydrogen-bond acceptors (Lipinski definition) is 4. The highest BCUT2D eigenvalue weighted by Crippen LogP contribution is 2.26. The van der Waals surface area contributed by atoms with Crippen LogP contribution >= 0.6 is 0 Å². The Hall–Kier alpha value is -2.40. The molecule has 1 fully saturated rings. The van der Waals surface area contributed by atoms with E-state index in [4.69, 9.17) is 0 Å². The molecule has 1 aromatic heterocycles. The zero-order valence-electron chi connectivity index (χ0n) is 19.1. The predicted octanol–water partition coefficient (Wildman–Crippen LogP) is 4.01. The average Bonchev–Trinajstić information content (AvgIpc) is 2.74. The monoisotopic (exact) mass is 408 g/mol. The van der Waals surface area contributed by atoms with Crippen molar-refractivity contribution in [1.29, 1.82) is 0 Å². The molecule has 1 aliphatic heterocycles. The molecule has 1 saturated heterocycles. The van der Waals surface area contributed by atoms with Crippen molar-refractivity contribution in [3.05, 3.63) is 59.8 Å². The molecule has 0 bridgehead atoms. The maximum Gasteiger partial charge on any atom is 0.236 e. The van der Waals surface area contributed by atoms with Gasteiger partial charge in [-0.25, -0.2) is 4.98 Å². The third-order valence-corrected chi connectivity index (χ3v) is 5.88. The summed E-state index contributed by atoms with van der Waals surface area (Å²) in [4.78, 5) is 21.4. The Balaban J connectivity index is 1.54. The number of pyridine rings is 1. The van der Waals surface area contributed by atoms with E-state index >= 15 is 0 Å². The Labute approximate surface area is 181 Å². The number of rotatable bonds is 6. The molecule has 2 aromatic rings. The van der Waals surface area contributed by atoms with Gasteiger partial charge in [0.15, 0.2) is 0 Å². The number of hydrogen-bond donors (Lipinski definition) is 1. The highest BCUT2D eigenvalue weighted by atomic mass is 16.2. The summed E-state index contributed by atoms with van der Waals surface area (Å²) in [5, 5.41) is 3.52. The first kappa shape index (κ1) is 22.3. The van der Waals surface area contributed by atoms with Gasteiger partial charge in [0.1, 0.15) is 5.82 Å². The first-order valence-electron chi connectivity index (χ1n) is 11.0. The molecule has 0 spiro atoms. The van der Waals surface area contributed by atoms with E-state index in [1.807, 2.05) is 29.3 Å². The largest absolute Gasteiger partial charge is 0.353 e. The van der Waals surface area contributed by atoms with E-state index in [2.05, 4.69) is 74.1 Å². The lowest BCUT2D eigenvalue weighted by Crippen LogP contribution is -2.51. The number of aromatic nitrogens is 1. The van der Waals surface area contributed by atoms with Gasteiger partial charge in [-0.2, -0.15) is 0 Å². The van der Waals surface area contributed by atoms with Crippen LogP contribution in [0.2, 0.25) is 0 Å². The van der Waals surface area contributed by atoms with Crippen LogP contribution in [-0.4, -0.2) is 48.5 Å². The maximum atomic E-state index is 12.8. The van der Waals surface area contributed by atoms with Crippen molar-refractivity contribution >= 4 is 11.7 Å². The second-order valence-electron chi connectivity index (χ2n) is 9.53. The number of carbonyl (C=O) groups excluding carboxylic acids is 1. The van der Waals surface area contributed by atoms with Gasteiger partial charge < -0.3 is 15.1 Å². The van der Waals surface area contributed by atoms with Gasteiger partial charge in [0, 0.05) is 38.4 Å². The van der Waals surface area contributed by atoms with Gasteiger partial charge in [0.05, 0.1) is 6.54 Å². The molecule has 162 valence electrons. The number of amides is 1. The summed E-state index contributed by atoms with van der Waals surface area (Å²) in [6.45, 7) is 14.6. The van der Waals surface area contributed by atoms with Crippen LogP contribution in [-0.2, 0) is 10.2 Å². The van der Waals surface area contributed by atoms with Crippen LogP contribution in [0.3, 0.4) is 0 Å². The molecule has 3 rings (SSSR count). The molecular weight excluding hydrogens is 372 g/mol. The number of piperazine rings is 1. The third kappa shape index (κ3) is 5.60. The van der Waals surface area contributed by atoms with Crippen LogP contribution in [0.25, 0.3) is 0 Å². The maximum absolute atomic E-state index is 12.8. The van der Waals surface area contributed by atoms with Crippen molar-refractivity contribution in [2.45, 2.75) is 46.1 Å². The SMILES string of the molecule is CC(C)[C@H](NCC(=O)N1CCN(c2ccccn2)CC1)c1ccc(C(C)(C)C)cc1. The van der Waals surface area contributed by atoms with Gasteiger partial charge in [-0.3, -0.25) is 4.79 Å². The first-order valence-corrected chi connectivity index (χ1v) is 11.0. The fourth-order valence-electron chi connectivity index (χ4n) is 3.96. The van der Waals surface area contributed by atoms with Crippen LogP contribution < -0.4 is 10.2 Å². The predicted molar refractivity (Wildman–Crippen MR) is 124 cm³/mol. The van der Waals surface area contributed by atoms with Crippen molar-refractivity contribution in [3.63, 3.8) is 0 Å². The van der Waals surface area contributed by atoms with Crippen molar-refractivity contribution in [2.75, 3.05) is 37.6 Å². The summed E-state index contributed by atoms with van der Waals surface area (Å²) < 4.78 is 0. The summed E-state index contributed by atoms with van der Waals surface area (Å²) in [6.07, 6.45) is 1.82. The smallest absolute Gasteiger partial charge is 0.236 e. The molecule has 30 heavy (non-hydrogen) atoms. The lowest BCUT2D eigenvalue weighted by atomic mass is 9.85. The minimum Gasteiger partial charge on any atom is -0.353 e. The van der Waals surface area contributed by atoms with E-state index in [1.165, 1.54) is 11.1 Å². The molecule has 1 amide bonds. The normalized spacial score (nSPS) is 16.1. The van der Waals surface area contributed by atoms with Crippen LogP contribution in [0.15, 0.2) is 48.7 Å². The highest BCUT2D eigenvalue weighted by molar-refractivity contribution is 5.78. The molecule has 0 aliphatic carbocycles. The minimum absolute atomic E-state index is 0.146. The second kappa shape index (κ2) is 9.61. The Morgan fingerprint density at radius 2 is 1.70 bits per heavy atom. The molecule has 5 nitrogen and oxygen atoms in total. The molecule has 1 aromatic carbocycles. The van der Waals surface area contributed by atoms with E-state index in [9.17, 15) is 4.79 Å². The summed E-state index contributed by atoms with van der Waals surface area (Å²) in [7, 11) is 0. The Morgan fingerprint density at radius 3 is 2.23 bits per heavy atom. The van der Waals surface area contributed by atoms with Gasteiger partial charge in [0.25, 0.3) is 0 Å². The van der Waals surface area contributed by atoms with Crippen molar-refractivity contribution < 1.29 is 4.79 Å². The van der Waals surface area contributed by atoms with Crippen molar-refractivity contribution in [2.24, 2.45) is 5.92 Å². The summed E-state index contributed by atoms with van der Waals surface area (Å²) in [5.74, 6) is 1.56. The zero-order chi connectivity index (χ0) is 21.7. The van der Waals surface area contributed by atoms with E-state index in [0.717, 1.165) is 32.0 Å². The lowest BCUT2D eigenvalue weighted by Gasteiger charge is -2.36. The van der Waals surface area contributed by atoms with E-state index in [-0.39, 0.29) is 17.4 Å². The Morgan fingerprint density at radius 1 is 1.03 bits per heavy atom. The molecule has 1 N–H and O–H groups in total. The van der Waals surface area contributed by atoms with Gasteiger partial charge in [-0.15, -0.1) is 0 Å².